The smallest absolute Gasteiger partial charge is 0.227 e. The normalized spacial score (nSPS) is 43.1. The minimum atomic E-state index is -0.204. The number of carbonyl (C=O) groups excluding carboxylic acids is 1. The van der Waals surface area contributed by atoms with Crippen molar-refractivity contribution in [3.05, 3.63) is 0 Å². The Morgan fingerprint density at radius 1 is 1.00 bits per heavy atom. The molecule has 3 rings (SSSR count). The van der Waals surface area contributed by atoms with E-state index in [1.165, 1.54) is 6.42 Å². The van der Waals surface area contributed by atoms with Crippen LogP contribution in [0.15, 0.2) is 0 Å². The summed E-state index contributed by atoms with van der Waals surface area (Å²) < 4.78 is 0. The van der Waals surface area contributed by atoms with Crippen LogP contribution in [0.3, 0.4) is 0 Å². The summed E-state index contributed by atoms with van der Waals surface area (Å²) in [6, 6.07) is 0.592. The monoisotopic (exact) mass is 266 g/mol. The average Bonchev–Trinajstić information content (AvgIpc) is 2.54. The molecule has 2 bridgehead atoms. The highest BCUT2D eigenvalue weighted by Crippen LogP contribution is 2.38. The molecule has 0 spiro atoms. The third-order valence-corrected chi connectivity index (χ3v) is 5.35. The number of rotatable bonds is 1. The van der Waals surface area contributed by atoms with Crippen LogP contribution in [-0.2, 0) is 4.79 Å². The Labute approximate surface area is 115 Å². The first-order chi connectivity index (χ1) is 9.16. The van der Waals surface area contributed by atoms with Crippen molar-refractivity contribution >= 4 is 5.91 Å². The van der Waals surface area contributed by atoms with Crippen LogP contribution in [-0.4, -0.2) is 40.1 Å². The van der Waals surface area contributed by atoms with Crippen molar-refractivity contribution in [2.45, 2.75) is 82.0 Å². The molecular weight excluding hydrogens is 240 g/mol. The lowest BCUT2D eigenvalue weighted by Gasteiger charge is -2.40. The van der Waals surface area contributed by atoms with Gasteiger partial charge in [-0.3, -0.25) is 4.79 Å². The van der Waals surface area contributed by atoms with E-state index in [-0.39, 0.29) is 36.1 Å². The van der Waals surface area contributed by atoms with Crippen molar-refractivity contribution in [1.82, 2.24) is 4.90 Å². The maximum atomic E-state index is 12.8. The van der Waals surface area contributed by atoms with Gasteiger partial charge in [-0.15, -0.1) is 0 Å². The molecule has 2 saturated heterocycles. The van der Waals surface area contributed by atoms with Crippen molar-refractivity contribution in [2.75, 3.05) is 0 Å². The Hall–Kier alpha value is -0.610. The Balaban J connectivity index is 1.73. The van der Waals surface area contributed by atoms with Gasteiger partial charge in [0.1, 0.15) is 0 Å². The number of carbonyl (C=O) groups is 1. The molecule has 2 heterocycles. The molecule has 1 aliphatic carbocycles. The van der Waals surface area contributed by atoms with Crippen LogP contribution in [0.25, 0.3) is 0 Å². The molecular formula is C15H26N2O2. The molecule has 108 valence electrons. The van der Waals surface area contributed by atoms with E-state index in [1.807, 2.05) is 0 Å². The van der Waals surface area contributed by atoms with Gasteiger partial charge < -0.3 is 15.7 Å². The summed E-state index contributed by atoms with van der Waals surface area (Å²) in [5.74, 6) is 0.314. The van der Waals surface area contributed by atoms with Gasteiger partial charge in [-0.25, -0.2) is 0 Å². The van der Waals surface area contributed by atoms with Crippen LogP contribution in [0.5, 0.6) is 0 Å². The number of nitrogens with zero attached hydrogens (tertiary/aromatic N) is 1. The Bertz CT molecular complexity index is 333. The topological polar surface area (TPSA) is 66.6 Å². The highest BCUT2D eigenvalue weighted by Gasteiger charge is 2.45. The number of amides is 1. The minimum absolute atomic E-state index is 0.0286. The minimum Gasteiger partial charge on any atom is -0.393 e. The molecule has 1 amide bonds. The summed E-state index contributed by atoms with van der Waals surface area (Å²) in [7, 11) is 0. The largest absolute Gasteiger partial charge is 0.393 e. The van der Waals surface area contributed by atoms with Crippen LogP contribution < -0.4 is 5.73 Å². The molecule has 2 aliphatic heterocycles. The van der Waals surface area contributed by atoms with E-state index in [0.29, 0.717) is 0 Å². The van der Waals surface area contributed by atoms with Crippen LogP contribution in [0.1, 0.15) is 57.8 Å². The lowest BCUT2D eigenvalue weighted by atomic mass is 9.91. The van der Waals surface area contributed by atoms with E-state index in [1.54, 1.807) is 0 Å². The summed E-state index contributed by atoms with van der Waals surface area (Å²) in [6.07, 6.45) is 8.92. The Kier molecular flexibility index (Phi) is 3.81. The van der Waals surface area contributed by atoms with Crippen molar-refractivity contribution < 1.29 is 9.90 Å². The molecule has 19 heavy (non-hydrogen) atoms. The summed E-state index contributed by atoms with van der Waals surface area (Å²) in [5, 5.41) is 9.83. The predicted molar refractivity (Wildman–Crippen MR) is 73.4 cm³/mol. The van der Waals surface area contributed by atoms with Gasteiger partial charge in [0, 0.05) is 18.1 Å². The van der Waals surface area contributed by atoms with E-state index >= 15 is 0 Å². The van der Waals surface area contributed by atoms with Gasteiger partial charge in [-0.1, -0.05) is 19.3 Å². The number of fused-ring (bicyclic) bond motifs is 2. The van der Waals surface area contributed by atoms with Gasteiger partial charge in [0.15, 0.2) is 0 Å². The number of aliphatic hydroxyl groups is 1. The van der Waals surface area contributed by atoms with Crippen LogP contribution in [0.2, 0.25) is 0 Å². The lowest BCUT2D eigenvalue weighted by molar-refractivity contribution is -0.142. The van der Waals surface area contributed by atoms with Crippen LogP contribution in [0, 0.1) is 5.92 Å². The van der Waals surface area contributed by atoms with E-state index < -0.39 is 0 Å². The molecule has 4 heteroatoms. The number of hydrogen-bond donors (Lipinski definition) is 2. The first-order valence-electron chi connectivity index (χ1n) is 7.92. The van der Waals surface area contributed by atoms with Crippen LogP contribution >= 0.6 is 0 Å². The summed E-state index contributed by atoms with van der Waals surface area (Å²) in [6.45, 7) is 0. The zero-order valence-electron chi connectivity index (χ0n) is 11.6. The molecule has 0 aromatic heterocycles. The number of piperidine rings is 1. The van der Waals surface area contributed by atoms with Crippen molar-refractivity contribution in [3.63, 3.8) is 0 Å². The van der Waals surface area contributed by atoms with Crippen molar-refractivity contribution in [3.8, 4) is 0 Å². The van der Waals surface area contributed by atoms with Crippen LogP contribution in [0.4, 0.5) is 0 Å². The van der Waals surface area contributed by atoms with Crippen molar-refractivity contribution in [2.24, 2.45) is 11.7 Å². The second kappa shape index (κ2) is 5.41. The predicted octanol–water partition coefficient (Wildman–Crippen LogP) is 1.41. The molecule has 1 saturated carbocycles. The Morgan fingerprint density at radius 2 is 1.63 bits per heavy atom. The fourth-order valence-corrected chi connectivity index (χ4v) is 4.34. The summed E-state index contributed by atoms with van der Waals surface area (Å²) >= 11 is 0. The quantitative estimate of drug-likeness (QED) is 0.705. The third kappa shape index (κ3) is 2.52. The number of nitrogens with two attached hydrogens (primary N) is 1. The standard InChI is InChI=1S/C15H26N2O2/c16-14-5-3-1-2-4-13(14)15(19)17-10-6-7-11(17)9-12(18)8-10/h10-14,18H,1-9,16H2. The summed E-state index contributed by atoms with van der Waals surface area (Å²) in [4.78, 5) is 14.9. The molecule has 4 nitrogen and oxygen atoms in total. The number of aliphatic hydroxyl groups excluding tert-OH is 1. The highest BCUT2D eigenvalue weighted by molar-refractivity contribution is 5.80. The second-order valence-electron chi connectivity index (χ2n) is 6.66. The first kappa shape index (κ1) is 13.4. The van der Waals surface area contributed by atoms with Gasteiger partial charge in [-0.05, 0) is 38.5 Å². The molecule has 3 N–H and O–H groups in total. The van der Waals surface area contributed by atoms with Crippen molar-refractivity contribution in [1.29, 1.82) is 0 Å². The fraction of sp³-hybridized carbons (Fsp3) is 0.933. The van der Waals surface area contributed by atoms with E-state index in [0.717, 1.165) is 51.4 Å². The van der Waals surface area contributed by atoms with Gasteiger partial charge >= 0.3 is 0 Å². The zero-order valence-corrected chi connectivity index (χ0v) is 11.6. The van der Waals surface area contributed by atoms with Gasteiger partial charge in [-0.2, -0.15) is 0 Å². The fourth-order valence-electron chi connectivity index (χ4n) is 4.34. The lowest BCUT2D eigenvalue weighted by Crippen LogP contribution is -2.52. The van der Waals surface area contributed by atoms with E-state index in [9.17, 15) is 9.90 Å². The Morgan fingerprint density at radius 3 is 2.32 bits per heavy atom. The van der Waals surface area contributed by atoms with Gasteiger partial charge in [0.25, 0.3) is 0 Å². The van der Waals surface area contributed by atoms with Gasteiger partial charge in [0.2, 0.25) is 5.91 Å². The molecule has 4 atom stereocenters. The molecule has 3 fully saturated rings. The zero-order chi connectivity index (χ0) is 13.4. The SMILES string of the molecule is NC1CCCCCC1C(=O)N1C2CCC1CC(O)C2. The molecule has 4 unspecified atom stereocenters. The van der Waals surface area contributed by atoms with Gasteiger partial charge in [0.05, 0.1) is 12.0 Å². The molecule has 0 aromatic rings. The maximum Gasteiger partial charge on any atom is 0.227 e. The highest BCUT2D eigenvalue weighted by atomic mass is 16.3. The molecule has 0 radical (unpaired) electrons. The van der Waals surface area contributed by atoms with E-state index in [4.69, 9.17) is 5.73 Å². The average molecular weight is 266 g/mol. The third-order valence-electron chi connectivity index (χ3n) is 5.35. The molecule has 3 aliphatic rings. The molecule has 0 aromatic carbocycles. The maximum absolute atomic E-state index is 12.8. The first-order valence-corrected chi connectivity index (χ1v) is 7.92. The number of hydrogen-bond acceptors (Lipinski definition) is 3. The van der Waals surface area contributed by atoms with E-state index in [2.05, 4.69) is 4.90 Å². The summed E-state index contributed by atoms with van der Waals surface area (Å²) in [5.41, 5.74) is 6.23. The second-order valence-corrected chi connectivity index (χ2v) is 6.66.